The molecule has 0 radical (unpaired) electrons. The van der Waals surface area contributed by atoms with Crippen molar-refractivity contribution in [3.63, 3.8) is 0 Å². The molecule has 2 aromatic carbocycles. The van der Waals surface area contributed by atoms with E-state index in [1.54, 1.807) is 0 Å². The van der Waals surface area contributed by atoms with Gasteiger partial charge in [0.05, 0.1) is 6.42 Å². The summed E-state index contributed by atoms with van der Waals surface area (Å²) in [6.07, 6.45) is 3.69. The lowest BCUT2D eigenvalue weighted by Crippen LogP contribution is -1.99. The van der Waals surface area contributed by atoms with E-state index < -0.39 is 5.97 Å². The highest BCUT2D eigenvalue weighted by molar-refractivity contribution is 5.86. The van der Waals surface area contributed by atoms with Gasteiger partial charge in [0, 0.05) is 0 Å². The Bertz CT molecular complexity index is 599. The molecular formula is C15H14O2. The number of rotatable bonds is 2. The predicted octanol–water partition coefficient (Wildman–Crippen LogP) is 2.96. The van der Waals surface area contributed by atoms with Crippen LogP contribution in [0.5, 0.6) is 0 Å². The van der Waals surface area contributed by atoms with E-state index in [1.165, 1.54) is 34.7 Å². The van der Waals surface area contributed by atoms with Gasteiger partial charge in [-0.25, -0.2) is 0 Å². The molecule has 1 N–H and O–H groups in total. The van der Waals surface area contributed by atoms with Crippen molar-refractivity contribution >= 4 is 16.7 Å². The van der Waals surface area contributed by atoms with Crippen LogP contribution in [-0.2, 0) is 24.1 Å². The van der Waals surface area contributed by atoms with Crippen LogP contribution in [-0.4, -0.2) is 11.1 Å². The van der Waals surface area contributed by atoms with E-state index in [0.29, 0.717) is 0 Å². The zero-order valence-corrected chi connectivity index (χ0v) is 9.57. The Hall–Kier alpha value is -1.83. The highest BCUT2D eigenvalue weighted by Crippen LogP contribution is 2.28. The van der Waals surface area contributed by atoms with Crippen molar-refractivity contribution in [1.82, 2.24) is 0 Å². The summed E-state index contributed by atoms with van der Waals surface area (Å²) >= 11 is 0. The van der Waals surface area contributed by atoms with Crippen molar-refractivity contribution in [2.24, 2.45) is 0 Å². The number of carbonyl (C=O) groups is 1. The second kappa shape index (κ2) is 3.88. The molecule has 1 aliphatic carbocycles. The molecule has 2 heteroatoms. The lowest BCUT2D eigenvalue weighted by Gasteiger charge is -2.05. The van der Waals surface area contributed by atoms with E-state index in [9.17, 15) is 4.79 Å². The largest absolute Gasteiger partial charge is 0.481 e. The highest BCUT2D eigenvalue weighted by atomic mass is 16.4. The summed E-state index contributed by atoms with van der Waals surface area (Å²) in [5.74, 6) is -0.773. The van der Waals surface area contributed by atoms with Gasteiger partial charge in [-0.3, -0.25) is 4.79 Å². The molecule has 0 unspecified atom stereocenters. The summed E-state index contributed by atoms with van der Waals surface area (Å²) < 4.78 is 0. The summed E-state index contributed by atoms with van der Waals surface area (Å²) in [4.78, 5) is 10.7. The molecule has 1 aliphatic rings. The van der Waals surface area contributed by atoms with Crippen molar-refractivity contribution in [2.75, 3.05) is 0 Å². The first-order chi connectivity index (χ1) is 8.22. The molecule has 0 amide bonds. The van der Waals surface area contributed by atoms with Gasteiger partial charge < -0.3 is 5.11 Å². The monoisotopic (exact) mass is 226 g/mol. The average molecular weight is 226 g/mol. The van der Waals surface area contributed by atoms with Crippen molar-refractivity contribution in [1.29, 1.82) is 0 Å². The third-order valence-corrected chi connectivity index (χ3v) is 3.47. The molecule has 0 fully saturated rings. The second-order valence-corrected chi connectivity index (χ2v) is 4.73. The van der Waals surface area contributed by atoms with Crippen molar-refractivity contribution < 1.29 is 9.90 Å². The fourth-order valence-corrected chi connectivity index (χ4v) is 2.66. The van der Waals surface area contributed by atoms with Crippen molar-refractivity contribution in [3.8, 4) is 0 Å². The standard InChI is InChI=1S/C15H14O2/c16-15(17)7-10-4-5-13-8-11-2-1-3-12(11)9-14(13)6-10/h4-6,8-9H,1-3,7H2,(H,16,17). The molecule has 86 valence electrons. The van der Waals surface area contributed by atoms with E-state index in [4.69, 9.17) is 5.11 Å². The molecule has 2 nitrogen and oxygen atoms in total. The second-order valence-electron chi connectivity index (χ2n) is 4.73. The number of fused-ring (bicyclic) bond motifs is 2. The third kappa shape index (κ3) is 1.91. The van der Waals surface area contributed by atoms with Gasteiger partial charge in [0.1, 0.15) is 0 Å². The number of carboxylic acid groups (broad SMARTS) is 1. The maximum Gasteiger partial charge on any atom is 0.307 e. The van der Waals surface area contributed by atoms with Gasteiger partial charge in [0.25, 0.3) is 0 Å². The highest BCUT2D eigenvalue weighted by Gasteiger charge is 2.11. The van der Waals surface area contributed by atoms with Crippen LogP contribution in [0.3, 0.4) is 0 Å². The summed E-state index contributed by atoms with van der Waals surface area (Å²) in [6.45, 7) is 0. The summed E-state index contributed by atoms with van der Waals surface area (Å²) in [5, 5.41) is 11.2. The smallest absolute Gasteiger partial charge is 0.307 e. The van der Waals surface area contributed by atoms with Crippen molar-refractivity contribution in [3.05, 3.63) is 47.0 Å². The molecule has 0 saturated heterocycles. The van der Waals surface area contributed by atoms with Gasteiger partial charge in [-0.15, -0.1) is 0 Å². The van der Waals surface area contributed by atoms with Gasteiger partial charge in [-0.2, -0.15) is 0 Å². The summed E-state index contributed by atoms with van der Waals surface area (Å²) in [5.41, 5.74) is 3.77. The Morgan fingerprint density at radius 3 is 2.47 bits per heavy atom. The molecule has 0 spiro atoms. The van der Waals surface area contributed by atoms with Crippen LogP contribution in [0.1, 0.15) is 23.1 Å². The average Bonchev–Trinajstić information content (AvgIpc) is 2.72. The fourth-order valence-electron chi connectivity index (χ4n) is 2.66. The van der Waals surface area contributed by atoms with E-state index in [2.05, 4.69) is 12.1 Å². The molecule has 0 heterocycles. The Balaban J connectivity index is 2.10. The lowest BCUT2D eigenvalue weighted by molar-refractivity contribution is -0.136. The Kier molecular flexibility index (Phi) is 2.36. The number of benzene rings is 2. The zero-order valence-electron chi connectivity index (χ0n) is 9.57. The number of aliphatic carboxylic acids is 1. The van der Waals surface area contributed by atoms with Gasteiger partial charge in [-0.05, 0) is 46.7 Å². The van der Waals surface area contributed by atoms with Crippen molar-refractivity contribution in [2.45, 2.75) is 25.7 Å². The van der Waals surface area contributed by atoms with Crippen LogP contribution in [0.15, 0.2) is 30.3 Å². The van der Waals surface area contributed by atoms with Crippen LogP contribution >= 0.6 is 0 Å². The van der Waals surface area contributed by atoms with E-state index in [-0.39, 0.29) is 6.42 Å². The quantitative estimate of drug-likeness (QED) is 0.854. The predicted molar refractivity (Wildman–Crippen MR) is 67.3 cm³/mol. The Labute approximate surface area is 99.9 Å². The molecule has 0 bridgehead atoms. The minimum atomic E-state index is -0.773. The van der Waals surface area contributed by atoms with Gasteiger partial charge in [0.2, 0.25) is 0 Å². The van der Waals surface area contributed by atoms with E-state index in [0.717, 1.165) is 12.0 Å². The van der Waals surface area contributed by atoms with E-state index >= 15 is 0 Å². The first-order valence-electron chi connectivity index (χ1n) is 5.98. The third-order valence-electron chi connectivity index (χ3n) is 3.47. The Morgan fingerprint density at radius 2 is 1.76 bits per heavy atom. The molecular weight excluding hydrogens is 212 g/mol. The van der Waals surface area contributed by atoms with Gasteiger partial charge >= 0.3 is 5.97 Å². The fraction of sp³-hybridized carbons (Fsp3) is 0.267. The first-order valence-corrected chi connectivity index (χ1v) is 5.98. The topological polar surface area (TPSA) is 37.3 Å². The lowest BCUT2D eigenvalue weighted by atomic mass is 10.00. The number of hydrogen-bond donors (Lipinski definition) is 1. The molecule has 0 aliphatic heterocycles. The minimum absolute atomic E-state index is 0.104. The van der Waals surface area contributed by atoms with Crippen LogP contribution in [0.25, 0.3) is 10.8 Å². The first kappa shape index (κ1) is 10.3. The molecule has 3 rings (SSSR count). The summed E-state index contributed by atoms with van der Waals surface area (Å²) in [7, 11) is 0. The molecule has 2 aromatic rings. The normalized spacial score (nSPS) is 13.9. The number of hydrogen-bond acceptors (Lipinski definition) is 1. The van der Waals surface area contributed by atoms with Crippen LogP contribution in [0.4, 0.5) is 0 Å². The SMILES string of the molecule is O=C(O)Cc1ccc2cc3c(cc2c1)CCC3. The molecule has 0 saturated carbocycles. The Morgan fingerprint density at radius 1 is 1.06 bits per heavy atom. The van der Waals surface area contributed by atoms with E-state index in [1.807, 2.05) is 18.2 Å². The maximum atomic E-state index is 10.7. The molecule has 0 aromatic heterocycles. The zero-order chi connectivity index (χ0) is 11.8. The van der Waals surface area contributed by atoms with Crippen LogP contribution < -0.4 is 0 Å². The van der Waals surface area contributed by atoms with Crippen LogP contribution in [0, 0.1) is 0 Å². The minimum Gasteiger partial charge on any atom is -0.481 e. The van der Waals surface area contributed by atoms with Gasteiger partial charge in [-0.1, -0.05) is 30.3 Å². The molecule has 0 atom stereocenters. The number of carboxylic acids is 1. The van der Waals surface area contributed by atoms with Crippen LogP contribution in [0.2, 0.25) is 0 Å². The number of aryl methyl sites for hydroxylation is 2. The summed E-state index contributed by atoms with van der Waals surface area (Å²) in [6, 6.07) is 10.4. The molecule has 17 heavy (non-hydrogen) atoms. The maximum absolute atomic E-state index is 10.7. The van der Waals surface area contributed by atoms with Gasteiger partial charge in [0.15, 0.2) is 0 Å².